The van der Waals surface area contributed by atoms with Gasteiger partial charge in [0.05, 0.1) is 18.3 Å². The quantitative estimate of drug-likeness (QED) is 0.133. The number of non-ortho nitro benzene ring substituents is 1. The van der Waals surface area contributed by atoms with E-state index >= 15 is 0 Å². The summed E-state index contributed by atoms with van der Waals surface area (Å²) >= 11 is 16.4. The number of rotatable bonds is 7. The fourth-order valence-electron chi connectivity index (χ4n) is 2.57. The predicted octanol–water partition coefficient (Wildman–Crippen LogP) is 6.45. The van der Waals surface area contributed by atoms with E-state index in [1.54, 1.807) is 12.1 Å². The van der Waals surface area contributed by atoms with E-state index in [0.717, 1.165) is 18.3 Å². The maximum absolute atomic E-state index is 12.2. The van der Waals surface area contributed by atoms with Gasteiger partial charge < -0.3 is 4.74 Å². The van der Waals surface area contributed by atoms with Gasteiger partial charge in [-0.15, -0.1) is 0 Å². The first-order valence-corrected chi connectivity index (χ1v) is 11.8. The Morgan fingerprint density at radius 2 is 1.84 bits per heavy atom. The molecule has 0 aliphatic heterocycles. The third kappa shape index (κ3) is 6.53. The number of hydrazone groups is 1. The van der Waals surface area contributed by atoms with Crippen molar-refractivity contribution >= 4 is 86.2 Å². The van der Waals surface area contributed by atoms with Gasteiger partial charge in [0, 0.05) is 33.3 Å². The Bertz CT molecular complexity index is 1200. The van der Waals surface area contributed by atoms with Gasteiger partial charge >= 0.3 is 0 Å². The monoisotopic (exact) mass is 695 g/mol. The van der Waals surface area contributed by atoms with Crippen LogP contribution < -0.4 is 10.2 Å². The first-order valence-electron chi connectivity index (χ1n) is 8.88. The highest BCUT2D eigenvalue weighted by atomic mass is 127. The van der Waals surface area contributed by atoms with Gasteiger partial charge in [0.25, 0.3) is 11.6 Å². The number of benzene rings is 3. The number of nitrogens with one attached hydrogen (secondary N) is 1. The summed E-state index contributed by atoms with van der Waals surface area (Å²) in [5.41, 5.74) is 3.91. The molecule has 0 aliphatic carbocycles. The lowest BCUT2D eigenvalue weighted by molar-refractivity contribution is -0.384. The van der Waals surface area contributed by atoms with Gasteiger partial charge in [-0.2, -0.15) is 5.10 Å². The average molecular weight is 696 g/mol. The van der Waals surface area contributed by atoms with Crippen LogP contribution in [0.1, 0.15) is 21.5 Å². The van der Waals surface area contributed by atoms with E-state index in [1.165, 1.54) is 30.5 Å². The summed E-state index contributed by atoms with van der Waals surface area (Å²) in [5, 5.41) is 15.9. The number of amides is 1. The molecule has 3 aromatic carbocycles. The zero-order valence-electron chi connectivity index (χ0n) is 16.0. The zero-order valence-corrected chi connectivity index (χ0v) is 21.8. The molecule has 11 heteroatoms. The van der Waals surface area contributed by atoms with Gasteiger partial charge in [0.1, 0.15) is 12.4 Å². The molecular weight excluding hydrogens is 683 g/mol. The van der Waals surface area contributed by atoms with E-state index in [0.29, 0.717) is 15.8 Å². The second-order valence-electron chi connectivity index (χ2n) is 6.34. The van der Waals surface area contributed by atoms with Gasteiger partial charge in [0.2, 0.25) is 0 Å². The third-order valence-corrected chi connectivity index (χ3v) is 6.30. The first kappa shape index (κ1) is 24.7. The molecule has 0 unspecified atom stereocenters. The lowest BCUT2D eigenvalue weighted by Gasteiger charge is -2.12. The van der Waals surface area contributed by atoms with E-state index in [4.69, 9.17) is 27.9 Å². The summed E-state index contributed by atoms with van der Waals surface area (Å²) < 4.78 is 7.65. The Labute approximate surface area is 220 Å². The molecule has 0 aliphatic rings. The van der Waals surface area contributed by atoms with Gasteiger partial charge in [-0.25, -0.2) is 5.43 Å². The predicted molar refractivity (Wildman–Crippen MR) is 141 cm³/mol. The van der Waals surface area contributed by atoms with Crippen molar-refractivity contribution in [3.8, 4) is 5.75 Å². The molecule has 0 spiro atoms. The number of nitro groups is 1. The van der Waals surface area contributed by atoms with Gasteiger partial charge in [0.15, 0.2) is 0 Å². The molecule has 0 atom stereocenters. The Kier molecular flexibility index (Phi) is 8.68. The van der Waals surface area contributed by atoms with Crippen molar-refractivity contribution in [2.45, 2.75) is 6.61 Å². The smallest absolute Gasteiger partial charge is 0.271 e. The highest BCUT2D eigenvalue weighted by Gasteiger charge is 2.12. The molecule has 32 heavy (non-hydrogen) atoms. The first-order chi connectivity index (χ1) is 15.2. The fourth-order valence-corrected chi connectivity index (χ4v) is 5.16. The maximum atomic E-state index is 12.2. The van der Waals surface area contributed by atoms with Crippen molar-refractivity contribution in [2.24, 2.45) is 5.10 Å². The minimum Gasteiger partial charge on any atom is -0.487 e. The summed E-state index contributed by atoms with van der Waals surface area (Å²) in [6.45, 7) is 0.286. The second-order valence-corrected chi connectivity index (χ2v) is 9.51. The lowest BCUT2D eigenvalue weighted by atomic mass is 10.2. The SMILES string of the molecule is O=C(N/N=C\c1cc(I)c(OCc2ccc(Cl)cc2Cl)c(I)c1)c1cccc([N+](=O)[O-])c1. The van der Waals surface area contributed by atoms with Crippen molar-refractivity contribution < 1.29 is 14.5 Å². The van der Waals surface area contributed by atoms with Crippen LogP contribution in [0, 0.1) is 17.3 Å². The molecule has 3 rings (SSSR count). The summed E-state index contributed by atoms with van der Waals surface area (Å²) in [6.07, 6.45) is 1.49. The largest absolute Gasteiger partial charge is 0.487 e. The number of carbonyl (C=O) groups is 1. The summed E-state index contributed by atoms with van der Waals surface area (Å²) in [4.78, 5) is 22.5. The Hall–Kier alpha value is -1.96. The lowest BCUT2D eigenvalue weighted by Crippen LogP contribution is -2.17. The zero-order chi connectivity index (χ0) is 23.3. The van der Waals surface area contributed by atoms with E-state index in [-0.39, 0.29) is 17.9 Å². The molecule has 0 saturated carbocycles. The number of hydrogen-bond acceptors (Lipinski definition) is 5. The van der Waals surface area contributed by atoms with Crippen LogP contribution in [0.15, 0.2) is 59.7 Å². The minimum atomic E-state index is -0.561. The van der Waals surface area contributed by atoms with Crippen LogP contribution in [0.5, 0.6) is 5.75 Å². The molecule has 0 aromatic heterocycles. The van der Waals surface area contributed by atoms with Crippen molar-refractivity contribution in [3.63, 3.8) is 0 Å². The Balaban J connectivity index is 1.66. The summed E-state index contributed by atoms with van der Waals surface area (Å²) in [6, 6.07) is 14.4. The Morgan fingerprint density at radius 1 is 1.12 bits per heavy atom. The van der Waals surface area contributed by atoms with Crippen molar-refractivity contribution in [2.75, 3.05) is 0 Å². The van der Waals surface area contributed by atoms with Crippen LogP contribution >= 0.6 is 68.4 Å². The summed E-state index contributed by atoms with van der Waals surface area (Å²) in [7, 11) is 0. The van der Waals surface area contributed by atoms with E-state index < -0.39 is 10.8 Å². The molecule has 1 N–H and O–H groups in total. The standard InChI is InChI=1S/C21H13Cl2I2N3O4/c22-15-5-4-14(17(23)9-15)11-32-20-18(24)6-12(7-19(20)25)10-26-27-21(29)13-2-1-3-16(8-13)28(30)31/h1-10H,11H2,(H,27,29)/b26-10-. The number of ether oxygens (including phenoxy) is 1. The molecule has 7 nitrogen and oxygen atoms in total. The Morgan fingerprint density at radius 3 is 2.50 bits per heavy atom. The van der Waals surface area contributed by atoms with Crippen molar-refractivity contribution in [3.05, 3.63) is 98.6 Å². The number of carbonyl (C=O) groups excluding carboxylic acids is 1. The number of hydrogen-bond donors (Lipinski definition) is 1. The molecule has 0 fully saturated rings. The topological polar surface area (TPSA) is 93.8 Å². The molecule has 164 valence electrons. The van der Waals surface area contributed by atoms with Crippen LogP contribution in [0.2, 0.25) is 10.0 Å². The number of halogens is 4. The van der Waals surface area contributed by atoms with Gasteiger partial charge in [-0.1, -0.05) is 35.3 Å². The van der Waals surface area contributed by atoms with E-state index in [2.05, 4.69) is 55.7 Å². The normalized spacial score (nSPS) is 10.9. The average Bonchev–Trinajstić information content (AvgIpc) is 2.74. The van der Waals surface area contributed by atoms with Crippen LogP contribution in [0.3, 0.4) is 0 Å². The van der Waals surface area contributed by atoms with Crippen molar-refractivity contribution in [1.82, 2.24) is 5.43 Å². The minimum absolute atomic E-state index is 0.144. The van der Waals surface area contributed by atoms with Gasteiger partial charge in [-0.3, -0.25) is 14.9 Å². The van der Waals surface area contributed by atoms with Gasteiger partial charge in [-0.05, 0) is 81.1 Å². The van der Waals surface area contributed by atoms with E-state index in [9.17, 15) is 14.9 Å². The molecular formula is C21H13Cl2I2N3O4. The molecule has 1 amide bonds. The number of nitro benzene ring substituents is 1. The highest BCUT2D eigenvalue weighted by molar-refractivity contribution is 14.1. The highest BCUT2D eigenvalue weighted by Crippen LogP contribution is 2.30. The molecule has 3 aromatic rings. The van der Waals surface area contributed by atoms with Crippen LogP contribution in [-0.4, -0.2) is 17.0 Å². The third-order valence-electron chi connectivity index (χ3n) is 4.11. The van der Waals surface area contributed by atoms with Crippen LogP contribution in [0.4, 0.5) is 5.69 Å². The molecule has 0 bridgehead atoms. The molecule has 0 radical (unpaired) electrons. The molecule has 0 saturated heterocycles. The molecule has 0 heterocycles. The second kappa shape index (κ2) is 11.3. The van der Waals surface area contributed by atoms with E-state index in [1.807, 2.05) is 18.2 Å². The number of nitrogens with zero attached hydrogens (tertiary/aromatic N) is 2. The maximum Gasteiger partial charge on any atom is 0.271 e. The van der Waals surface area contributed by atoms with Crippen molar-refractivity contribution in [1.29, 1.82) is 0 Å². The summed E-state index contributed by atoms with van der Waals surface area (Å²) in [5.74, 6) is 0.157. The van der Waals surface area contributed by atoms with Crippen LogP contribution in [0.25, 0.3) is 0 Å². The van der Waals surface area contributed by atoms with Crippen LogP contribution in [-0.2, 0) is 6.61 Å². The fraction of sp³-hybridized carbons (Fsp3) is 0.0476.